The number of rotatable bonds is 7. The first-order valence-corrected chi connectivity index (χ1v) is 8.89. The molecular weight excluding hydrogens is 306 g/mol. The molecule has 0 heterocycles. The zero-order valence-corrected chi connectivity index (χ0v) is 13.8. The Hall–Kier alpha value is -1.89. The third-order valence-electron chi connectivity index (χ3n) is 3.04. The Morgan fingerprint density at radius 3 is 2.55 bits per heavy atom. The van der Waals surface area contributed by atoms with Crippen molar-refractivity contribution in [2.75, 3.05) is 19.4 Å². The van der Waals surface area contributed by atoms with E-state index in [0.717, 1.165) is 19.1 Å². The summed E-state index contributed by atoms with van der Waals surface area (Å²) in [5.74, 6) is -1.09. The summed E-state index contributed by atoms with van der Waals surface area (Å²) in [5, 5.41) is 2.63. The normalized spacial score (nSPS) is 11.0. The molecule has 0 spiro atoms. The van der Waals surface area contributed by atoms with E-state index in [-0.39, 0.29) is 23.0 Å². The highest BCUT2D eigenvalue weighted by Gasteiger charge is 2.16. The van der Waals surface area contributed by atoms with E-state index in [1.165, 1.54) is 18.2 Å². The maximum Gasteiger partial charge on any atom is 0.338 e. The van der Waals surface area contributed by atoms with Gasteiger partial charge in [0.2, 0.25) is 0 Å². The van der Waals surface area contributed by atoms with Gasteiger partial charge in [0, 0.05) is 12.8 Å². The first kappa shape index (κ1) is 18.2. The molecule has 122 valence electrons. The Kier molecular flexibility index (Phi) is 6.55. The lowest BCUT2D eigenvalue weighted by molar-refractivity contribution is -0.124. The predicted octanol–water partition coefficient (Wildman–Crippen LogP) is 1.47. The highest BCUT2D eigenvalue weighted by Crippen LogP contribution is 2.16. The second-order valence-electron chi connectivity index (χ2n) is 5.03. The molecule has 0 saturated heterocycles. The van der Waals surface area contributed by atoms with Gasteiger partial charge in [0.25, 0.3) is 5.91 Å². The zero-order valence-electron chi connectivity index (χ0n) is 13.0. The molecule has 22 heavy (non-hydrogen) atoms. The molecule has 0 fully saturated rings. The van der Waals surface area contributed by atoms with Crippen molar-refractivity contribution in [3.8, 4) is 0 Å². The molecule has 0 aliphatic rings. The van der Waals surface area contributed by atoms with Gasteiger partial charge >= 0.3 is 5.97 Å². The van der Waals surface area contributed by atoms with Crippen LogP contribution in [0.25, 0.3) is 0 Å². The molecule has 6 nitrogen and oxygen atoms in total. The van der Waals surface area contributed by atoms with Gasteiger partial charge in [-0.05, 0) is 31.0 Å². The average molecular weight is 327 g/mol. The number of esters is 1. The zero-order chi connectivity index (χ0) is 16.8. The van der Waals surface area contributed by atoms with Crippen molar-refractivity contribution in [1.82, 2.24) is 5.32 Å². The Morgan fingerprint density at radius 1 is 1.27 bits per heavy atom. The number of unbranched alkanes of at least 4 members (excludes halogenated alkanes) is 1. The van der Waals surface area contributed by atoms with Crippen LogP contribution in [0.3, 0.4) is 0 Å². The summed E-state index contributed by atoms with van der Waals surface area (Å²) in [6, 6.07) is 4.23. The fraction of sp³-hybridized carbons (Fsp3) is 0.467. The van der Waals surface area contributed by atoms with Crippen molar-refractivity contribution in [3.63, 3.8) is 0 Å². The van der Waals surface area contributed by atoms with Crippen LogP contribution in [0.5, 0.6) is 0 Å². The van der Waals surface area contributed by atoms with Gasteiger partial charge in [-0.25, -0.2) is 13.2 Å². The van der Waals surface area contributed by atoms with E-state index in [1.54, 1.807) is 6.92 Å². The van der Waals surface area contributed by atoms with Crippen LogP contribution in [0.2, 0.25) is 0 Å². The average Bonchev–Trinajstić information content (AvgIpc) is 2.44. The highest BCUT2D eigenvalue weighted by atomic mass is 32.2. The lowest BCUT2D eigenvalue weighted by atomic mass is 10.1. The number of benzene rings is 1. The van der Waals surface area contributed by atoms with Crippen LogP contribution in [-0.4, -0.2) is 39.7 Å². The van der Waals surface area contributed by atoms with Crippen molar-refractivity contribution in [2.45, 2.75) is 31.6 Å². The number of hydrogen-bond acceptors (Lipinski definition) is 5. The Morgan fingerprint density at radius 2 is 1.95 bits per heavy atom. The SMILES string of the molecule is CCCCNC(=O)COC(=O)c1cc(S(C)(=O)=O)ccc1C. The van der Waals surface area contributed by atoms with Crippen LogP contribution >= 0.6 is 0 Å². The van der Waals surface area contributed by atoms with Crippen molar-refractivity contribution < 1.29 is 22.7 Å². The number of carbonyl (C=O) groups is 2. The van der Waals surface area contributed by atoms with Crippen LogP contribution in [0.1, 0.15) is 35.7 Å². The van der Waals surface area contributed by atoms with Crippen LogP contribution in [0.15, 0.2) is 23.1 Å². The molecule has 0 atom stereocenters. The van der Waals surface area contributed by atoms with Gasteiger partial charge in [0.15, 0.2) is 16.4 Å². The topological polar surface area (TPSA) is 89.5 Å². The second kappa shape index (κ2) is 7.93. The summed E-state index contributed by atoms with van der Waals surface area (Å²) < 4.78 is 28.0. The van der Waals surface area contributed by atoms with Gasteiger partial charge in [-0.3, -0.25) is 4.79 Å². The minimum atomic E-state index is -3.41. The molecule has 0 unspecified atom stereocenters. The smallest absolute Gasteiger partial charge is 0.338 e. The van der Waals surface area contributed by atoms with Gasteiger partial charge in [-0.15, -0.1) is 0 Å². The molecule has 1 aromatic rings. The minimum absolute atomic E-state index is 0.0393. The number of sulfone groups is 1. The molecule has 0 radical (unpaired) electrons. The number of amides is 1. The molecule has 1 rings (SSSR count). The van der Waals surface area contributed by atoms with Gasteiger partial charge in [0.1, 0.15) is 0 Å². The van der Waals surface area contributed by atoms with E-state index in [0.29, 0.717) is 12.1 Å². The molecule has 1 amide bonds. The van der Waals surface area contributed by atoms with Crippen molar-refractivity contribution >= 4 is 21.7 Å². The Labute approximate surface area is 130 Å². The third kappa shape index (κ3) is 5.48. The van der Waals surface area contributed by atoms with E-state index < -0.39 is 15.8 Å². The lowest BCUT2D eigenvalue weighted by Crippen LogP contribution is -2.29. The van der Waals surface area contributed by atoms with Crippen molar-refractivity contribution in [2.24, 2.45) is 0 Å². The molecule has 1 aromatic carbocycles. The molecule has 0 saturated carbocycles. The number of ether oxygens (including phenoxy) is 1. The maximum absolute atomic E-state index is 12.0. The monoisotopic (exact) mass is 327 g/mol. The van der Waals surface area contributed by atoms with E-state index >= 15 is 0 Å². The van der Waals surface area contributed by atoms with Gasteiger partial charge < -0.3 is 10.1 Å². The van der Waals surface area contributed by atoms with Gasteiger partial charge in [-0.2, -0.15) is 0 Å². The van der Waals surface area contributed by atoms with Crippen LogP contribution in [0.4, 0.5) is 0 Å². The van der Waals surface area contributed by atoms with Gasteiger partial charge in [0.05, 0.1) is 10.5 Å². The molecule has 0 aliphatic heterocycles. The predicted molar refractivity (Wildman–Crippen MR) is 82.5 cm³/mol. The van der Waals surface area contributed by atoms with Crippen LogP contribution in [0, 0.1) is 6.92 Å². The summed E-state index contributed by atoms with van der Waals surface area (Å²) in [4.78, 5) is 23.5. The summed E-state index contributed by atoms with van der Waals surface area (Å²) in [6.45, 7) is 3.83. The molecule has 0 aromatic heterocycles. The van der Waals surface area contributed by atoms with E-state index in [4.69, 9.17) is 4.74 Å². The fourth-order valence-corrected chi connectivity index (χ4v) is 2.36. The highest BCUT2D eigenvalue weighted by molar-refractivity contribution is 7.90. The van der Waals surface area contributed by atoms with Gasteiger partial charge in [-0.1, -0.05) is 19.4 Å². The van der Waals surface area contributed by atoms with E-state index in [9.17, 15) is 18.0 Å². The third-order valence-corrected chi connectivity index (χ3v) is 4.15. The first-order valence-electron chi connectivity index (χ1n) is 7.00. The number of nitrogens with one attached hydrogen (secondary N) is 1. The number of carbonyl (C=O) groups excluding carboxylic acids is 2. The second-order valence-corrected chi connectivity index (χ2v) is 7.04. The fourth-order valence-electron chi connectivity index (χ4n) is 1.72. The maximum atomic E-state index is 12.0. The molecule has 0 aliphatic carbocycles. The molecular formula is C15H21NO5S. The lowest BCUT2D eigenvalue weighted by Gasteiger charge is -2.09. The Bertz CT molecular complexity index is 652. The summed E-state index contributed by atoms with van der Waals surface area (Å²) in [7, 11) is -3.41. The molecule has 7 heteroatoms. The standard InChI is InChI=1S/C15H21NO5S/c1-4-5-8-16-14(17)10-21-15(18)13-9-12(22(3,19)20)7-6-11(13)2/h6-7,9H,4-5,8,10H2,1-3H3,(H,16,17). The van der Waals surface area contributed by atoms with Crippen molar-refractivity contribution in [1.29, 1.82) is 0 Å². The van der Waals surface area contributed by atoms with E-state index in [2.05, 4.69) is 5.32 Å². The van der Waals surface area contributed by atoms with Crippen LogP contribution in [-0.2, 0) is 19.4 Å². The quantitative estimate of drug-likeness (QED) is 0.605. The molecule has 1 N–H and O–H groups in total. The van der Waals surface area contributed by atoms with Crippen LogP contribution < -0.4 is 5.32 Å². The summed E-state index contributed by atoms with van der Waals surface area (Å²) in [6.07, 6.45) is 2.88. The van der Waals surface area contributed by atoms with Crippen molar-refractivity contribution in [3.05, 3.63) is 29.3 Å². The minimum Gasteiger partial charge on any atom is -0.452 e. The first-order chi connectivity index (χ1) is 10.3. The number of hydrogen-bond donors (Lipinski definition) is 1. The van der Waals surface area contributed by atoms with E-state index in [1.807, 2.05) is 6.92 Å². The summed E-state index contributed by atoms with van der Waals surface area (Å²) >= 11 is 0. The Balaban J connectivity index is 2.72. The molecule has 0 bridgehead atoms. The largest absolute Gasteiger partial charge is 0.452 e. The number of aryl methyl sites for hydroxylation is 1. The summed E-state index contributed by atoms with van der Waals surface area (Å²) in [5.41, 5.74) is 0.730.